The second kappa shape index (κ2) is 8.64. The molecule has 0 saturated heterocycles. The van der Waals surface area contributed by atoms with Crippen molar-refractivity contribution in [3.8, 4) is 0 Å². The molecule has 0 atom stereocenters. The van der Waals surface area contributed by atoms with Gasteiger partial charge in [-0.1, -0.05) is 6.07 Å². The van der Waals surface area contributed by atoms with E-state index in [-0.39, 0.29) is 29.4 Å². The molecule has 0 aliphatic carbocycles. The number of methoxy groups -OCH3 is 1. The number of carbonyl (C=O) groups excluding carboxylic acids is 1. The molecule has 0 radical (unpaired) electrons. The van der Waals surface area contributed by atoms with Gasteiger partial charge in [-0.15, -0.1) is 0 Å². The number of nitrogens with two attached hydrogens (primary N) is 1. The van der Waals surface area contributed by atoms with Gasteiger partial charge in [-0.2, -0.15) is 18.3 Å². The van der Waals surface area contributed by atoms with Gasteiger partial charge >= 0.3 is 6.18 Å². The predicted octanol–water partition coefficient (Wildman–Crippen LogP) is 3.87. The molecule has 0 spiro atoms. The first-order chi connectivity index (χ1) is 14.6. The van der Waals surface area contributed by atoms with Crippen LogP contribution < -0.4 is 16.4 Å². The van der Waals surface area contributed by atoms with Crippen LogP contribution in [0.25, 0.3) is 0 Å². The number of rotatable bonds is 7. The van der Waals surface area contributed by atoms with Crippen LogP contribution in [-0.2, 0) is 24.6 Å². The van der Waals surface area contributed by atoms with Crippen molar-refractivity contribution in [1.29, 1.82) is 0 Å². The Morgan fingerprint density at radius 3 is 2.52 bits per heavy atom. The highest BCUT2D eigenvalue weighted by atomic mass is 19.4. The Labute approximate surface area is 176 Å². The Kier molecular flexibility index (Phi) is 6.16. The van der Waals surface area contributed by atoms with Gasteiger partial charge < -0.3 is 21.1 Å². The summed E-state index contributed by atoms with van der Waals surface area (Å²) in [6, 6.07) is 5.79. The number of ether oxygens (including phenoxy) is 1. The molecule has 0 fully saturated rings. The Bertz CT molecular complexity index is 1110. The first-order valence-corrected chi connectivity index (χ1v) is 9.11. The molecule has 4 N–H and O–H groups in total. The van der Waals surface area contributed by atoms with Gasteiger partial charge in [0.25, 0.3) is 5.91 Å². The molecule has 0 aliphatic rings. The molecule has 1 aromatic carbocycles. The number of nitrogens with one attached hydrogen (secondary N) is 2. The van der Waals surface area contributed by atoms with Crippen LogP contribution in [0.4, 0.5) is 36.1 Å². The number of primary amides is 1. The number of carbonyl (C=O) groups is 1. The number of anilines is 4. The van der Waals surface area contributed by atoms with Crippen molar-refractivity contribution in [2.24, 2.45) is 12.8 Å². The van der Waals surface area contributed by atoms with E-state index in [4.69, 9.17) is 10.5 Å². The van der Waals surface area contributed by atoms with Crippen molar-refractivity contribution in [3.63, 3.8) is 0 Å². The molecule has 164 valence electrons. The minimum atomic E-state index is -4.67. The minimum absolute atomic E-state index is 0.0390. The number of hydrogen-bond acceptors (Lipinski definition) is 6. The van der Waals surface area contributed by atoms with Crippen LogP contribution in [0.3, 0.4) is 0 Å². The smallest absolute Gasteiger partial charge is 0.380 e. The lowest BCUT2D eigenvalue weighted by molar-refractivity contribution is -0.137. The Morgan fingerprint density at radius 1 is 1.19 bits per heavy atom. The molecule has 11 heteroatoms. The highest BCUT2D eigenvalue weighted by Gasteiger charge is 2.34. The molecule has 0 saturated carbocycles. The second-order valence-corrected chi connectivity index (χ2v) is 6.84. The standard InChI is InChI=1S/C20H21F3N6O2/c1-11-17(9-29(2)28-11)27-18-7-16(14(8-25-18)20(21,22)23)26-15-5-4-12(10-31-3)6-13(15)19(24)30/h4-9H,10H2,1-3H3,(H2,24,30)(H2,25,26,27). The molecule has 31 heavy (non-hydrogen) atoms. The van der Waals surface area contributed by atoms with E-state index in [9.17, 15) is 18.0 Å². The van der Waals surface area contributed by atoms with Gasteiger partial charge in [-0.05, 0) is 24.6 Å². The topological polar surface area (TPSA) is 107 Å². The van der Waals surface area contributed by atoms with E-state index in [0.717, 1.165) is 6.20 Å². The largest absolute Gasteiger partial charge is 0.419 e. The molecule has 2 heterocycles. The van der Waals surface area contributed by atoms with Gasteiger partial charge in [-0.25, -0.2) is 4.98 Å². The molecular weight excluding hydrogens is 413 g/mol. The van der Waals surface area contributed by atoms with Crippen LogP contribution in [0.15, 0.2) is 36.7 Å². The maximum Gasteiger partial charge on any atom is 0.419 e. The summed E-state index contributed by atoms with van der Waals surface area (Å²) in [7, 11) is 3.21. The monoisotopic (exact) mass is 434 g/mol. The van der Waals surface area contributed by atoms with Crippen LogP contribution >= 0.6 is 0 Å². The summed E-state index contributed by atoms with van der Waals surface area (Å²) in [6.07, 6.45) is -2.26. The summed E-state index contributed by atoms with van der Waals surface area (Å²) < 4.78 is 47.3. The third-order valence-electron chi connectivity index (χ3n) is 4.42. The first kappa shape index (κ1) is 22.1. The molecule has 1 amide bonds. The van der Waals surface area contributed by atoms with Gasteiger partial charge in [0, 0.05) is 32.6 Å². The summed E-state index contributed by atoms with van der Waals surface area (Å²) in [6.45, 7) is 1.98. The number of pyridine rings is 1. The summed E-state index contributed by atoms with van der Waals surface area (Å²) >= 11 is 0. The van der Waals surface area contributed by atoms with Crippen molar-refractivity contribution >= 4 is 28.8 Å². The lowest BCUT2D eigenvalue weighted by Gasteiger charge is -2.17. The van der Waals surface area contributed by atoms with Crippen molar-refractivity contribution in [3.05, 3.63) is 59.0 Å². The fraction of sp³-hybridized carbons (Fsp3) is 0.250. The molecule has 0 unspecified atom stereocenters. The van der Waals surface area contributed by atoms with Gasteiger partial charge in [0.2, 0.25) is 0 Å². The highest BCUT2D eigenvalue weighted by molar-refractivity contribution is 5.99. The van der Waals surface area contributed by atoms with Gasteiger partial charge in [0.1, 0.15) is 5.82 Å². The van der Waals surface area contributed by atoms with Gasteiger partial charge in [-0.3, -0.25) is 9.48 Å². The zero-order valence-electron chi connectivity index (χ0n) is 17.0. The lowest BCUT2D eigenvalue weighted by atomic mass is 10.1. The number of alkyl halides is 3. The Hall–Kier alpha value is -3.60. The van der Waals surface area contributed by atoms with E-state index < -0.39 is 17.6 Å². The molecule has 3 rings (SSSR count). The summed E-state index contributed by atoms with van der Waals surface area (Å²) in [5, 5.41) is 9.81. The van der Waals surface area contributed by atoms with Crippen molar-refractivity contribution in [2.45, 2.75) is 19.7 Å². The second-order valence-electron chi connectivity index (χ2n) is 6.84. The number of aryl methyl sites for hydroxylation is 2. The van der Waals surface area contributed by atoms with E-state index in [1.54, 1.807) is 30.9 Å². The third-order valence-corrected chi connectivity index (χ3v) is 4.42. The maximum absolute atomic E-state index is 13.6. The van der Waals surface area contributed by atoms with Gasteiger partial charge in [0.15, 0.2) is 0 Å². The normalized spacial score (nSPS) is 11.4. The van der Waals surface area contributed by atoms with Crippen molar-refractivity contribution in [2.75, 3.05) is 17.7 Å². The van der Waals surface area contributed by atoms with Gasteiger partial charge in [0.05, 0.1) is 40.5 Å². The number of amides is 1. The van der Waals surface area contributed by atoms with Crippen molar-refractivity contribution < 1.29 is 22.7 Å². The molecule has 0 aliphatic heterocycles. The molecular formula is C20H21F3N6O2. The zero-order valence-corrected chi connectivity index (χ0v) is 17.0. The third kappa shape index (κ3) is 5.12. The average molecular weight is 434 g/mol. The number of hydrogen-bond donors (Lipinski definition) is 3. The predicted molar refractivity (Wildman–Crippen MR) is 109 cm³/mol. The first-order valence-electron chi connectivity index (χ1n) is 9.11. The molecule has 0 bridgehead atoms. The fourth-order valence-corrected chi connectivity index (χ4v) is 3.02. The van der Waals surface area contributed by atoms with E-state index >= 15 is 0 Å². The van der Waals surface area contributed by atoms with Crippen LogP contribution in [0.5, 0.6) is 0 Å². The minimum Gasteiger partial charge on any atom is -0.380 e. The molecule has 2 aromatic heterocycles. The highest BCUT2D eigenvalue weighted by Crippen LogP contribution is 2.37. The van der Waals surface area contributed by atoms with E-state index in [1.165, 1.54) is 25.3 Å². The SMILES string of the molecule is COCc1ccc(Nc2cc(Nc3cn(C)nc3C)ncc2C(F)(F)F)c(C(N)=O)c1. The number of aromatic nitrogens is 3. The van der Waals surface area contributed by atoms with E-state index in [2.05, 4.69) is 20.7 Å². The number of benzene rings is 1. The summed E-state index contributed by atoms with van der Waals surface area (Å²) in [5.41, 5.74) is 6.24. The van der Waals surface area contributed by atoms with Crippen LogP contribution in [0.2, 0.25) is 0 Å². The van der Waals surface area contributed by atoms with Crippen LogP contribution in [-0.4, -0.2) is 27.8 Å². The Balaban J connectivity index is 2.02. The number of nitrogens with zero attached hydrogens (tertiary/aromatic N) is 3. The quantitative estimate of drug-likeness (QED) is 0.521. The molecule has 3 aromatic rings. The lowest BCUT2D eigenvalue weighted by Crippen LogP contribution is -2.15. The number of halogens is 3. The van der Waals surface area contributed by atoms with Crippen LogP contribution in [0.1, 0.15) is 27.2 Å². The summed E-state index contributed by atoms with van der Waals surface area (Å²) in [5.74, 6) is -0.615. The summed E-state index contributed by atoms with van der Waals surface area (Å²) in [4.78, 5) is 15.8. The Morgan fingerprint density at radius 2 is 1.94 bits per heavy atom. The molecule has 8 nitrogen and oxygen atoms in total. The van der Waals surface area contributed by atoms with Crippen molar-refractivity contribution in [1.82, 2.24) is 14.8 Å². The maximum atomic E-state index is 13.6. The van der Waals surface area contributed by atoms with E-state index in [1.807, 2.05) is 0 Å². The average Bonchev–Trinajstić information content (AvgIpc) is 2.99. The fourth-order valence-electron chi connectivity index (χ4n) is 3.02. The van der Waals surface area contributed by atoms with Crippen LogP contribution in [0, 0.1) is 6.92 Å². The zero-order chi connectivity index (χ0) is 22.8. The van der Waals surface area contributed by atoms with E-state index in [0.29, 0.717) is 16.9 Å².